The third-order valence-corrected chi connectivity index (χ3v) is 6.70. The van der Waals surface area contributed by atoms with Crippen LogP contribution in [-0.2, 0) is 6.54 Å². The molecule has 1 aliphatic heterocycles. The highest BCUT2D eigenvalue weighted by molar-refractivity contribution is 5.82. The van der Waals surface area contributed by atoms with Crippen LogP contribution >= 0.6 is 0 Å². The summed E-state index contributed by atoms with van der Waals surface area (Å²) in [4.78, 5) is 28.2. The number of piperidine rings is 1. The quantitative estimate of drug-likeness (QED) is 0.354. The minimum absolute atomic E-state index is 0.183. The highest BCUT2D eigenvalue weighted by Crippen LogP contribution is 2.30. The van der Waals surface area contributed by atoms with Crippen LogP contribution in [0.4, 0.5) is 11.6 Å². The van der Waals surface area contributed by atoms with Gasteiger partial charge in [-0.15, -0.1) is 0 Å². The number of nitriles is 1. The SMILES string of the molecule is N#Cc1nccc(NC2CCN(Cc3ccc(-n4c(-c5cccnc5N)nc5cncnc54)cc3)CC2)n1. The largest absolute Gasteiger partial charge is 0.383 e. The first kappa shape index (κ1) is 23.4. The Hall–Kier alpha value is -4.95. The molecule has 0 atom stereocenters. The highest BCUT2D eigenvalue weighted by Gasteiger charge is 2.21. The number of nitrogen functional groups attached to an aromatic ring is 1. The lowest BCUT2D eigenvalue weighted by Crippen LogP contribution is -2.38. The number of nitrogens with one attached hydrogen (secondary N) is 1. The Balaban J connectivity index is 1.16. The van der Waals surface area contributed by atoms with E-state index in [0.29, 0.717) is 34.7 Å². The molecule has 4 aromatic heterocycles. The molecular weight excluding hydrogens is 478 g/mol. The van der Waals surface area contributed by atoms with Crippen molar-refractivity contribution in [3.63, 3.8) is 0 Å². The van der Waals surface area contributed by atoms with Gasteiger partial charge in [-0.1, -0.05) is 12.1 Å². The average molecular weight is 504 g/mol. The fraction of sp³-hybridized carbons (Fsp3) is 0.222. The number of nitrogens with zero attached hydrogens (tertiary/aromatic N) is 9. The van der Waals surface area contributed by atoms with Gasteiger partial charge in [0, 0.05) is 43.8 Å². The molecule has 0 amide bonds. The highest BCUT2D eigenvalue weighted by atomic mass is 15.2. The maximum Gasteiger partial charge on any atom is 0.234 e. The zero-order valence-corrected chi connectivity index (χ0v) is 20.6. The third kappa shape index (κ3) is 4.72. The summed E-state index contributed by atoms with van der Waals surface area (Å²) in [6.45, 7) is 2.82. The molecule has 0 saturated carbocycles. The summed E-state index contributed by atoms with van der Waals surface area (Å²) < 4.78 is 2.00. The fourth-order valence-electron chi connectivity index (χ4n) is 4.81. The summed E-state index contributed by atoms with van der Waals surface area (Å²) >= 11 is 0. The van der Waals surface area contributed by atoms with Gasteiger partial charge in [0.15, 0.2) is 11.5 Å². The van der Waals surface area contributed by atoms with Gasteiger partial charge < -0.3 is 11.1 Å². The van der Waals surface area contributed by atoms with E-state index in [1.54, 1.807) is 24.7 Å². The summed E-state index contributed by atoms with van der Waals surface area (Å²) in [6, 6.07) is 16.3. The number of imidazole rings is 1. The summed E-state index contributed by atoms with van der Waals surface area (Å²) in [5.41, 5.74) is 10.5. The second-order valence-electron chi connectivity index (χ2n) is 9.18. The molecule has 3 N–H and O–H groups in total. The van der Waals surface area contributed by atoms with Crippen molar-refractivity contribution in [3.8, 4) is 23.1 Å². The molecule has 38 heavy (non-hydrogen) atoms. The number of anilines is 2. The van der Waals surface area contributed by atoms with E-state index in [1.807, 2.05) is 22.8 Å². The number of aromatic nitrogens is 7. The van der Waals surface area contributed by atoms with Crippen LogP contribution in [0.15, 0.2) is 67.4 Å². The van der Waals surface area contributed by atoms with E-state index in [2.05, 4.69) is 59.4 Å². The minimum atomic E-state index is 0.183. The Morgan fingerprint density at radius 1 is 1.00 bits per heavy atom. The first-order valence-electron chi connectivity index (χ1n) is 12.4. The van der Waals surface area contributed by atoms with Crippen molar-refractivity contribution in [3.05, 3.63) is 78.8 Å². The van der Waals surface area contributed by atoms with Gasteiger partial charge in [-0.3, -0.25) is 9.47 Å². The zero-order valence-electron chi connectivity index (χ0n) is 20.6. The molecule has 11 heteroatoms. The van der Waals surface area contributed by atoms with Crippen LogP contribution in [0.2, 0.25) is 0 Å². The molecule has 6 rings (SSSR count). The van der Waals surface area contributed by atoms with E-state index in [0.717, 1.165) is 43.7 Å². The maximum atomic E-state index is 9.01. The molecule has 0 spiro atoms. The van der Waals surface area contributed by atoms with E-state index >= 15 is 0 Å². The van der Waals surface area contributed by atoms with Crippen molar-refractivity contribution < 1.29 is 0 Å². The average Bonchev–Trinajstić information content (AvgIpc) is 3.34. The van der Waals surface area contributed by atoms with Gasteiger partial charge in [-0.25, -0.2) is 29.9 Å². The Labute approximate surface area is 219 Å². The Bertz CT molecular complexity index is 1610. The number of nitrogens with two attached hydrogens (primary N) is 1. The van der Waals surface area contributed by atoms with E-state index < -0.39 is 0 Å². The van der Waals surface area contributed by atoms with Crippen LogP contribution in [0.5, 0.6) is 0 Å². The molecular formula is C27H25N11. The normalized spacial score (nSPS) is 14.4. The van der Waals surface area contributed by atoms with Crippen molar-refractivity contribution in [2.45, 2.75) is 25.4 Å². The standard InChI is InChI=1S/C27H25N11/c28-14-24-31-11-7-23(36-24)34-19-8-12-37(13-9-19)16-18-3-5-20(6-4-18)38-26(21-2-1-10-32-25(21)29)35-22-15-30-17-33-27(22)38/h1-7,10-11,15,17,19H,8-9,12-13,16H2,(H2,29,32)(H,31,34,36). The molecule has 5 aromatic rings. The number of hydrogen-bond donors (Lipinski definition) is 2. The molecule has 1 fully saturated rings. The summed E-state index contributed by atoms with van der Waals surface area (Å²) in [5.74, 6) is 1.98. The second kappa shape index (κ2) is 10.2. The van der Waals surface area contributed by atoms with Crippen LogP contribution < -0.4 is 11.1 Å². The predicted molar refractivity (Wildman–Crippen MR) is 143 cm³/mol. The number of benzene rings is 1. The van der Waals surface area contributed by atoms with E-state index in [1.165, 1.54) is 11.9 Å². The molecule has 188 valence electrons. The van der Waals surface area contributed by atoms with Gasteiger partial charge in [-0.2, -0.15) is 5.26 Å². The van der Waals surface area contributed by atoms with Crippen LogP contribution in [0.1, 0.15) is 24.2 Å². The third-order valence-electron chi connectivity index (χ3n) is 6.70. The Morgan fingerprint density at radius 2 is 1.84 bits per heavy atom. The Kier molecular flexibility index (Phi) is 6.29. The molecule has 1 aromatic carbocycles. The lowest BCUT2D eigenvalue weighted by molar-refractivity contribution is 0.211. The van der Waals surface area contributed by atoms with E-state index in [4.69, 9.17) is 16.0 Å². The monoisotopic (exact) mass is 503 g/mol. The molecule has 1 aliphatic rings. The van der Waals surface area contributed by atoms with E-state index in [9.17, 15) is 0 Å². The van der Waals surface area contributed by atoms with Crippen molar-refractivity contribution in [1.29, 1.82) is 5.26 Å². The minimum Gasteiger partial charge on any atom is -0.383 e. The van der Waals surface area contributed by atoms with Crippen LogP contribution in [0.3, 0.4) is 0 Å². The topological polar surface area (TPSA) is 147 Å². The van der Waals surface area contributed by atoms with Gasteiger partial charge in [0.25, 0.3) is 0 Å². The zero-order chi connectivity index (χ0) is 25.9. The van der Waals surface area contributed by atoms with Crippen molar-refractivity contribution in [1.82, 2.24) is 39.4 Å². The van der Waals surface area contributed by atoms with Gasteiger partial charge in [0.2, 0.25) is 5.82 Å². The predicted octanol–water partition coefficient (Wildman–Crippen LogP) is 3.20. The molecule has 5 heterocycles. The van der Waals surface area contributed by atoms with Gasteiger partial charge in [-0.05, 0) is 48.7 Å². The number of pyridine rings is 1. The van der Waals surface area contributed by atoms with Crippen LogP contribution in [0, 0.1) is 11.3 Å². The molecule has 1 saturated heterocycles. The van der Waals surface area contributed by atoms with Crippen molar-refractivity contribution >= 4 is 22.8 Å². The van der Waals surface area contributed by atoms with Crippen molar-refractivity contribution in [2.75, 3.05) is 24.1 Å². The van der Waals surface area contributed by atoms with E-state index in [-0.39, 0.29) is 5.82 Å². The van der Waals surface area contributed by atoms with Crippen LogP contribution in [0.25, 0.3) is 28.2 Å². The first-order valence-corrected chi connectivity index (χ1v) is 12.4. The first-order chi connectivity index (χ1) is 18.7. The fourth-order valence-corrected chi connectivity index (χ4v) is 4.81. The maximum absolute atomic E-state index is 9.01. The summed E-state index contributed by atoms with van der Waals surface area (Å²) in [7, 11) is 0. The number of likely N-dealkylation sites (tertiary alicyclic amines) is 1. The Morgan fingerprint density at radius 3 is 2.63 bits per heavy atom. The van der Waals surface area contributed by atoms with Gasteiger partial charge in [0.05, 0.1) is 11.8 Å². The molecule has 11 nitrogen and oxygen atoms in total. The summed E-state index contributed by atoms with van der Waals surface area (Å²) in [6.07, 6.45) is 8.51. The number of fused-ring (bicyclic) bond motifs is 1. The van der Waals surface area contributed by atoms with Crippen molar-refractivity contribution in [2.24, 2.45) is 0 Å². The molecule has 0 radical (unpaired) electrons. The molecule has 0 unspecified atom stereocenters. The van der Waals surface area contributed by atoms with Gasteiger partial charge >= 0.3 is 0 Å². The summed E-state index contributed by atoms with van der Waals surface area (Å²) in [5, 5.41) is 12.4. The van der Waals surface area contributed by atoms with Gasteiger partial charge in [0.1, 0.15) is 29.5 Å². The molecule has 0 aliphatic carbocycles. The second-order valence-corrected chi connectivity index (χ2v) is 9.18. The number of hydrogen-bond acceptors (Lipinski definition) is 10. The lowest BCUT2D eigenvalue weighted by Gasteiger charge is -2.32. The smallest absolute Gasteiger partial charge is 0.234 e. The van der Waals surface area contributed by atoms with Crippen LogP contribution in [-0.4, -0.2) is 58.5 Å². The number of rotatable bonds is 6. The molecule has 0 bridgehead atoms. The lowest BCUT2D eigenvalue weighted by atomic mass is 10.0.